The summed E-state index contributed by atoms with van der Waals surface area (Å²) in [4.78, 5) is 11.6. The first-order valence-corrected chi connectivity index (χ1v) is 5.38. The zero-order valence-corrected chi connectivity index (χ0v) is 8.82. The van der Waals surface area contributed by atoms with E-state index >= 15 is 0 Å². The summed E-state index contributed by atoms with van der Waals surface area (Å²) in [6, 6.07) is 5.33. The Morgan fingerprint density at radius 2 is 2.06 bits per heavy atom. The summed E-state index contributed by atoms with van der Waals surface area (Å²) in [7, 11) is 0. The molecule has 1 aliphatic rings. The molecule has 0 aromatic heterocycles. The van der Waals surface area contributed by atoms with Crippen LogP contribution in [0.4, 0.5) is 4.39 Å². The van der Waals surface area contributed by atoms with Gasteiger partial charge in [0.15, 0.2) is 0 Å². The van der Waals surface area contributed by atoms with Crippen LogP contribution in [0.25, 0.3) is 0 Å². The van der Waals surface area contributed by atoms with Crippen LogP contribution in [0.3, 0.4) is 0 Å². The third kappa shape index (κ3) is 2.79. The number of aliphatic hydroxyl groups is 1. The number of halogens is 1. The monoisotopic (exact) mass is 223 g/mol. The molecule has 1 fully saturated rings. The predicted molar refractivity (Wildman–Crippen MR) is 57.5 cm³/mol. The van der Waals surface area contributed by atoms with Gasteiger partial charge in [-0.15, -0.1) is 0 Å². The quantitative estimate of drug-likeness (QED) is 0.809. The Kier molecular flexibility index (Phi) is 3.19. The molecule has 2 rings (SSSR count). The smallest absolute Gasteiger partial charge is 0.251 e. The van der Waals surface area contributed by atoms with E-state index in [1.165, 1.54) is 24.3 Å². The summed E-state index contributed by atoms with van der Waals surface area (Å²) in [6.07, 6.45) is 1.62. The first kappa shape index (κ1) is 11.1. The van der Waals surface area contributed by atoms with Gasteiger partial charge >= 0.3 is 0 Å². The maximum absolute atomic E-state index is 12.6. The average Bonchev–Trinajstić information content (AvgIpc) is 3.10. The minimum absolute atomic E-state index is 0.265. The molecule has 0 heterocycles. The second-order valence-electron chi connectivity index (χ2n) is 4.12. The Morgan fingerprint density at radius 3 is 2.62 bits per heavy atom. The molecule has 3 nitrogen and oxygen atoms in total. The molecular weight excluding hydrogens is 209 g/mol. The molecule has 0 saturated heterocycles. The normalized spacial score (nSPS) is 16.9. The fraction of sp³-hybridized carbons (Fsp3) is 0.417. The Balaban J connectivity index is 1.85. The molecule has 1 aromatic carbocycles. The van der Waals surface area contributed by atoms with E-state index in [1.54, 1.807) is 0 Å². The minimum Gasteiger partial charge on any atom is -0.391 e. The zero-order chi connectivity index (χ0) is 11.5. The second kappa shape index (κ2) is 4.61. The van der Waals surface area contributed by atoms with Crippen LogP contribution in [0.1, 0.15) is 23.2 Å². The number of carbonyl (C=O) groups is 1. The van der Waals surface area contributed by atoms with Crippen molar-refractivity contribution in [2.24, 2.45) is 5.92 Å². The summed E-state index contributed by atoms with van der Waals surface area (Å²) in [5.74, 6) is -0.303. The lowest BCUT2D eigenvalue weighted by Gasteiger charge is -2.10. The van der Waals surface area contributed by atoms with E-state index in [0.717, 1.165) is 12.8 Å². The summed E-state index contributed by atoms with van der Waals surface area (Å²) in [5.41, 5.74) is 0.407. The van der Waals surface area contributed by atoms with Crippen molar-refractivity contribution in [2.45, 2.75) is 18.9 Å². The van der Waals surface area contributed by atoms with Gasteiger partial charge < -0.3 is 10.4 Å². The fourth-order valence-electron chi connectivity index (χ4n) is 1.55. The molecule has 2 N–H and O–H groups in total. The number of amides is 1. The molecule has 1 amide bonds. The van der Waals surface area contributed by atoms with Gasteiger partial charge in [0.1, 0.15) is 5.82 Å². The van der Waals surface area contributed by atoms with Gasteiger partial charge in [-0.1, -0.05) is 0 Å². The Morgan fingerprint density at radius 1 is 1.44 bits per heavy atom. The molecule has 0 aliphatic heterocycles. The van der Waals surface area contributed by atoms with Gasteiger partial charge in [-0.05, 0) is 43.0 Å². The summed E-state index contributed by atoms with van der Waals surface area (Å²) in [6.45, 7) is 0.265. The lowest BCUT2D eigenvalue weighted by Crippen LogP contribution is -2.33. The van der Waals surface area contributed by atoms with Gasteiger partial charge in [-0.3, -0.25) is 4.79 Å². The molecule has 16 heavy (non-hydrogen) atoms. The predicted octanol–water partition coefficient (Wildman–Crippen LogP) is 1.33. The molecule has 0 spiro atoms. The number of benzene rings is 1. The summed E-state index contributed by atoms with van der Waals surface area (Å²) >= 11 is 0. The fourth-order valence-corrected chi connectivity index (χ4v) is 1.55. The van der Waals surface area contributed by atoms with Gasteiger partial charge in [0.25, 0.3) is 5.91 Å². The third-order valence-corrected chi connectivity index (χ3v) is 2.74. The maximum Gasteiger partial charge on any atom is 0.251 e. The first-order valence-electron chi connectivity index (χ1n) is 5.38. The molecule has 4 heteroatoms. The maximum atomic E-state index is 12.6. The SMILES string of the molecule is O=C(NCC(O)C1CC1)c1ccc(F)cc1. The van der Waals surface area contributed by atoms with Crippen molar-refractivity contribution in [3.63, 3.8) is 0 Å². The molecular formula is C12H14FNO2. The van der Waals surface area contributed by atoms with Crippen LogP contribution in [0.15, 0.2) is 24.3 Å². The number of hydrogen-bond donors (Lipinski definition) is 2. The van der Waals surface area contributed by atoms with Gasteiger partial charge in [-0.25, -0.2) is 4.39 Å². The van der Waals surface area contributed by atoms with E-state index in [0.29, 0.717) is 11.5 Å². The molecule has 86 valence electrons. The molecule has 1 unspecified atom stereocenters. The first-order chi connectivity index (χ1) is 7.66. The average molecular weight is 223 g/mol. The van der Waals surface area contributed by atoms with Gasteiger partial charge in [0, 0.05) is 12.1 Å². The number of carbonyl (C=O) groups excluding carboxylic acids is 1. The number of nitrogens with one attached hydrogen (secondary N) is 1. The Labute approximate surface area is 93.3 Å². The van der Waals surface area contributed by atoms with Crippen LogP contribution < -0.4 is 5.32 Å². The van der Waals surface area contributed by atoms with Gasteiger partial charge in [0.2, 0.25) is 0 Å². The highest BCUT2D eigenvalue weighted by Gasteiger charge is 2.29. The van der Waals surface area contributed by atoms with E-state index in [-0.39, 0.29) is 18.3 Å². The largest absolute Gasteiger partial charge is 0.391 e. The minimum atomic E-state index is -0.454. The van der Waals surface area contributed by atoms with Gasteiger partial charge in [0.05, 0.1) is 6.10 Å². The van der Waals surface area contributed by atoms with Crippen LogP contribution in [-0.4, -0.2) is 23.7 Å². The van der Waals surface area contributed by atoms with Crippen LogP contribution in [0.2, 0.25) is 0 Å². The zero-order valence-electron chi connectivity index (χ0n) is 8.82. The van der Waals surface area contributed by atoms with E-state index in [9.17, 15) is 14.3 Å². The topological polar surface area (TPSA) is 49.3 Å². The van der Waals surface area contributed by atoms with Crippen LogP contribution in [0.5, 0.6) is 0 Å². The van der Waals surface area contributed by atoms with E-state index in [2.05, 4.69) is 5.32 Å². The Bertz CT molecular complexity index is 373. The van der Waals surface area contributed by atoms with E-state index in [4.69, 9.17) is 0 Å². The highest BCUT2D eigenvalue weighted by atomic mass is 19.1. The van der Waals surface area contributed by atoms with Crippen LogP contribution >= 0.6 is 0 Å². The summed E-state index contributed by atoms with van der Waals surface area (Å²) < 4.78 is 12.6. The van der Waals surface area contributed by atoms with Crippen LogP contribution in [0, 0.1) is 11.7 Å². The standard InChI is InChI=1S/C12H14FNO2/c13-10-5-3-9(4-6-10)12(16)14-7-11(15)8-1-2-8/h3-6,8,11,15H,1-2,7H2,(H,14,16). The highest BCUT2D eigenvalue weighted by molar-refractivity contribution is 5.94. The van der Waals surface area contributed by atoms with Crippen molar-refractivity contribution in [1.82, 2.24) is 5.32 Å². The molecule has 0 bridgehead atoms. The lowest BCUT2D eigenvalue weighted by molar-refractivity contribution is 0.0901. The highest BCUT2D eigenvalue weighted by Crippen LogP contribution is 2.32. The third-order valence-electron chi connectivity index (χ3n) is 2.74. The number of aliphatic hydroxyl groups excluding tert-OH is 1. The van der Waals surface area contributed by atoms with Gasteiger partial charge in [-0.2, -0.15) is 0 Å². The van der Waals surface area contributed by atoms with Crippen molar-refractivity contribution < 1.29 is 14.3 Å². The number of rotatable bonds is 4. The molecule has 1 aromatic rings. The van der Waals surface area contributed by atoms with Crippen molar-refractivity contribution in [3.8, 4) is 0 Å². The second-order valence-corrected chi connectivity index (χ2v) is 4.12. The lowest BCUT2D eigenvalue weighted by atomic mass is 10.2. The van der Waals surface area contributed by atoms with Crippen molar-refractivity contribution >= 4 is 5.91 Å². The molecule has 1 atom stereocenters. The number of hydrogen-bond acceptors (Lipinski definition) is 2. The Hall–Kier alpha value is -1.42. The van der Waals surface area contributed by atoms with E-state index in [1.807, 2.05) is 0 Å². The molecule has 1 saturated carbocycles. The van der Waals surface area contributed by atoms with Crippen molar-refractivity contribution in [3.05, 3.63) is 35.6 Å². The molecule has 0 radical (unpaired) electrons. The van der Waals surface area contributed by atoms with Crippen molar-refractivity contribution in [2.75, 3.05) is 6.54 Å². The van der Waals surface area contributed by atoms with Crippen molar-refractivity contribution in [1.29, 1.82) is 0 Å². The molecule has 1 aliphatic carbocycles. The summed E-state index contributed by atoms with van der Waals surface area (Å²) in [5, 5.41) is 12.2. The van der Waals surface area contributed by atoms with Crippen LogP contribution in [-0.2, 0) is 0 Å². The van der Waals surface area contributed by atoms with E-state index < -0.39 is 6.10 Å².